The molecule has 1 N–H and O–H groups in total. The number of nitrogens with one attached hydrogen (secondary N) is 1. The molecule has 0 aromatic rings. The van der Waals surface area contributed by atoms with Gasteiger partial charge in [0, 0.05) is 11.8 Å². The van der Waals surface area contributed by atoms with Crippen LogP contribution in [-0.2, 0) is 0 Å². The van der Waals surface area contributed by atoms with E-state index in [1.165, 1.54) is 56.5 Å². The van der Waals surface area contributed by atoms with Gasteiger partial charge in [0.25, 0.3) is 0 Å². The average Bonchev–Trinajstić information content (AvgIpc) is 2.72. The Labute approximate surface area is 106 Å². The fourth-order valence-corrected chi connectivity index (χ4v) is 4.04. The first kappa shape index (κ1) is 14.4. The number of rotatable bonds is 9. The van der Waals surface area contributed by atoms with Gasteiger partial charge in [0.05, 0.1) is 0 Å². The molecule has 1 aliphatic heterocycles. The van der Waals surface area contributed by atoms with Gasteiger partial charge in [-0.2, -0.15) is 11.8 Å². The Bertz CT molecular complexity index is 161. The molecule has 1 saturated heterocycles. The van der Waals surface area contributed by atoms with E-state index in [2.05, 4.69) is 30.9 Å². The minimum absolute atomic E-state index is 0.811. The molecule has 0 bridgehead atoms. The summed E-state index contributed by atoms with van der Waals surface area (Å²) >= 11 is 2.14. The Morgan fingerprint density at radius 3 is 2.50 bits per heavy atom. The Kier molecular flexibility index (Phi) is 8.40. The van der Waals surface area contributed by atoms with Crippen molar-refractivity contribution < 1.29 is 0 Å². The lowest BCUT2D eigenvalue weighted by Crippen LogP contribution is -2.35. The second kappa shape index (κ2) is 9.35. The monoisotopic (exact) mass is 243 g/mol. The third-order valence-electron chi connectivity index (χ3n) is 3.59. The van der Waals surface area contributed by atoms with Crippen molar-refractivity contribution in [3.05, 3.63) is 0 Å². The van der Waals surface area contributed by atoms with Gasteiger partial charge in [-0.15, -0.1) is 0 Å². The molecule has 1 heterocycles. The fraction of sp³-hybridized carbons (Fsp3) is 1.00. The summed E-state index contributed by atoms with van der Waals surface area (Å²) in [6.07, 6.45) is 10.1. The molecule has 0 aliphatic carbocycles. The van der Waals surface area contributed by atoms with Gasteiger partial charge in [-0.05, 0) is 24.6 Å². The van der Waals surface area contributed by atoms with Crippen LogP contribution >= 0.6 is 11.8 Å². The number of thioether (sulfide) groups is 1. The number of unbranched alkanes of at least 4 members (excludes halogenated alkanes) is 5. The van der Waals surface area contributed by atoms with E-state index in [1.54, 1.807) is 0 Å². The summed E-state index contributed by atoms with van der Waals surface area (Å²) in [6, 6.07) is 0.811. The van der Waals surface area contributed by atoms with Gasteiger partial charge in [-0.3, -0.25) is 0 Å². The smallest absolute Gasteiger partial charge is 0.0194 e. The van der Waals surface area contributed by atoms with Gasteiger partial charge in [-0.1, -0.05) is 52.4 Å². The van der Waals surface area contributed by atoms with E-state index < -0.39 is 0 Å². The first-order valence-electron chi connectivity index (χ1n) is 7.19. The van der Waals surface area contributed by atoms with Crippen LogP contribution in [0.4, 0.5) is 0 Å². The highest BCUT2D eigenvalue weighted by molar-refractivity contribution is 7.99. The molecule has 1 fully saturated rings. The van der Waals surface area contributed by atoms with E-state index in [4.69, 9.17) is 0 Å². The normalized spacial score (nSPS) is 25.1. The van der Waals surface area contributed by atoms with Crippen LogP contribution in [0.3, 0.4) is 0 Å². The van der Waals surface area contributed by atoms with Gasteiger partial charge in [0.2, 0.25) is 0 Å². The summed E-state index contributed by atoms with van der Waals surface area (Å²) in [7, 11) is 0. The van der Waals surface area contributed by atoms with Gasteiger partial charge < -0.3 is 5.32 Å². The zero-order valence-corrected chi connectivity index (χ0v) is 12.0. The number of hydrogen-bond donors (Lipinski definition) is 1. The molecule has 16 heavy (non-hydrogen) atoms. The molecule has 2 atom stereocenters. The van der Waals surface area contributed by atoms with Crippen LogP contribution in [0.2, 0.25) is 0 Å². The molecule has 2 heteroatoms. The van der Waals surface area contributed by atoms with Gasteiger partial charge >= 0.3 is 0 Å². The fourth-order valence-electron chi connectivity index (χ4n) is 2.56. The largest absolute Gasteiger partial charge is 0.313 e. The summed E-state index contributed by atoms with van der Waals surface area (Å²) < 4.78 is 0. The SMILES string of the molecule is CCCCCCCCC1CSCC1NCC. The molecule has 0 aromatic carbocycles. The van der Waals surface area contributed by atoms with E-state index in [0.29, 0.717) is 0 Å². The molecule has 1 rings (SSSR count). The van der Waals surface area contributed by atoms with E-state index >= 15 is 0 Å². The van der Waals surface area contributed by atoms with E-state index in [0.717, 1.165) is 18.5 Å². The van der Waals surface area contributed by atoms with Crippen molar-refractivity contribution in [3.8, 4) is 0 Å². The van der Waals surface area contributed by atoms with Crippen molar-refractivity contribution in [2.45, 2.75) is 64.8 Å². The maximum absolute atomic E-state index is 3.63. The van der Waals surface area contributed by atoms with E-state index in [1.807, 2.05) is 0 Å². The van der Waals surface area contributed by atoms with Crippen LogP contribution < -0.4 is 5.32 Å². The van der Waals surface area contributed by atoms with Crippen LogP contribution in [0.15, 0.2) is 0 Å². The molecule has 0 radical (unpaired) electrons. The Morgan fingerprint density at radius 2 is 1.75 bits per heavy atom. The lowest BCUT2D eigenvalue weighted by Gasteiger charge is -2.19. The van der Waals surface area contributed by atoms with Crippen molar-refractivity contribution >= 4 is 11.8 Å². The lowest BCUT2D eigenvalue weighted by molar-refractivity contribution is 0.394. The second-order valence-electron chi connectivity index (χ2n) is 5.02. The van der Waals surface area contributed by atoms with Crippen LogP contribution in [0.1, 0.15) is 58.8 Å². The van der Waals surface area contributed by atoms with E-state index in [9.17, 15) is 0 Å². The minimum atomic E-state index is 0.811. The van der Waals surface area contributed by atoms with Crippen LogP contribution in [-0.4, -0.2) is 24.1 Å². The van der Waals surface area contributed by atoms with Gasteiger partial charge in [0.1, 0.15) is 0 Å². The summed E-state index contributed by atoms with van der Waals surface area (Å²) in [5.74, 6) is 3.69. The zero-order valence-electron chi connectivity index (χ0n) is 11.1. The minimum Gasteiger partial charge on any atom is -0.313 e. The second-order valence-corrected chi connectivity index (χ2v) is 6.09. The first-order valence-corrected chi connectivity index (χ1v) is 8.35. The first-order chi connectivity index (χ1) is 7.88. The molecule has 0 spiro atoms. The maximum atomic E-state index is 3.63. The number of hydrogen-bond acceptors (Lipinski definition) is 2. The van der Waals surface area contributed by atoms with Crippen molar-refractivity contribution in [1.82, 2.24) is 5.32 Å². The van der Waals surface area contributed by atoms with Gasteiger partial charge in [0.15, 0.2) is 0 Å². The molecular formula is C14H29NS. The van der Waals surface area contributed by atoms with E-state index in [-0.39, 0.29) is 0 Å². The lowest BCUT2D eigenvalue weighted by atomic mass is 9.96. The molecule has 0 saturated carbocycles. The van der Waals surface area contributed by atoms with Crippen LogP contribution in [0, 0.1) is 5.92 Å². The standard InChI is InChI=1S/C14H29NS/c1-3-5-6-7-8-9-10-13-11-16-12-14(13)15-4-2/h13-15H,3-12H2,1-2H3. The molecule has 2 unspecified atom stereocenters. The summed E-state index contributed by atoms with van der Waals surface area (Å²) in [5, 5.41) is 3.63. The summed E-state index contributed by atoms with van der Waals surface area (Å²) in [4.78, 5) is 0. The molecular weight excluding hydrogens is 214 g/mol. The molecule has 96 valence electrons. The highest BCUT2D eigenvalue weighted by atomic mass is 32.2. The summed E-state index contributed by atoms with van der Waals surface area (Å²) in [5.41, 5.74) is 0. The molecule has 0 amide bonds. The quantitative estimate of drug-likeness (QED) is 0.612. The van der Waals surface area contributed by atoms with Gasteiger partial charge in [-0.25, -0.2) is 0 Å². The third-order valence-corrected chi connectivity index (χ3v) is 4.85. The highest BCUT2D eigenvalue weighted by Crippen LogP contribution is 2.28. The predicted octanol–water partition coefficient (Wildman–Crippen LogP) is 4.08. The molecule has 1 aliphatic rings. The third kappa shape index (κ3) is 5.58. The summed E-state index contributed by atoms with van der Waals surface area (Å²) in [6.45, 7) is 5.65. The topological polar surface area (TPSA) is 12.0 Å². The van der Waals surface area contributed by atoms with Crippen molar-refractivity contribution in [2.24, 2.45) is 5.92 Å². The highest BCUT2D eigenvalue weighted by Gasteiger charge is 2.25. The Balaban J connectivity index is 1.99. The Morgan fingerprint density at radius 1 is 1.00 bits per heavy atom. The zero-order chi connectivity index (χ0) is 11.6. The predicted molar refractivity (Wildman–Crippen MR) is 76.3 cm³/mol. The van der Waals surface area contributed by atoms with Crippen LogP contribution in [0.25, 0.3) is 0 Å². The molecule has 0 aromatic heterocycles. The maximum Gasteiger partial charge on any atom is 0.0194 e. The van der Waals surface area contributed by atoms with Crippen molar-refractivity contribution in [3.63, 3.8) is 0 Å². The molecule has 1 nitrogen and oxygen atoms in total. The van der Waals surface area contributed by atoms with Crippen LogP contribution in [0.5, 0.6) is 0 Å². The van der Waals surface area contributed by atoms with Crippen molar-refractivity contribution in [1.29, 1.82) is 0 Å². The average molecular weight is 243 g/mol. The van der Waals surface area contributed by atoms with Crippen molar-refractivity contribution in [2.75, 3.05) is 18.1 Å². The Hall–Kier alpha value is 0.310.